The van der Waals surface area contributed by atoms with Crippen LogP contribution in [0.3, 0.4) is 0 Å². The summed E-state index contributed by atoms with van der Waals surface area (Å²) in [5.74, 6) is -1.00. The Morgan fingerprint density at radius 1 is 1.47 bits per heavy atom. The summed E-state index contributed by atoms with van der Waals surface area (Å²) in [4.78, 5) is 11.0. The summed E-state index contributed by atoms with van der Waals surface area (Å²) < 4.78 is 1.60. The summed E-state index contributed by atoms with van der Waals surface area (Å²) >= 11 is 6.01. The first kappa shape index (κ1) is 10.1. The van der Waals surface area contributed by atoms with Gasteiger partial charge in [-0.05, 0) is 18.6 Å². The van der Waals surface area contributed by atoms with E-state index in [1.165, 1.54) is 0 Å². The molecule has 78 valence electrons. The van der Waals surface area contributed by atoms with E-state index in [9.17, 15) is 4.79 Å². The molecule has 3 nitrogen and oxygen atoms in total. The number of fused-ring (bicyclic) bond motifs is 1. The molecule has 15 heavy (non-hydrogen) atoms. The Kier molecular flexibility index (Phi) is 2.20. The highest BCUT2D eigenvalue weighted by Gasteiger charge is 2.18. The lowest BCUT2D eigenvalue weighted by Gasteiger charge is -1.99. The predicted octanol–water partition coefficient (Wildman–Crippen LogP) is 2.84. The predicted molar refractivity (Wildman–Crippen MR) is 59.6 cm³/mol. The van der Waals surface area contributed by atoms with Crippen LogP contribution in [0.2, 0.25) is 5.02 Å². The number of rotatable bonds is 1. The van der Waals surface area contributed by atoms with Crippen LogP contribution in [-0.4, -0.2) is 15.6 Å². The Bertz CT molecular complexity index is 557. The quantitative estimate of drug-likeness (QED) is 0.808. The Balaban J connectivity index is 2.91. The first-order chi connectivity index (χ1) is 7.02. The lowest BCUT2D eigenvalue weighted by atomic mass is 10.2. The van der Waals surface area contributed by atoms with Gasteiger partial charge in [-0.1, -0.05) is 23.7 Å². The molecule has 0 bridgehead atoms. The minimum absolute atomic E-state index is 0.136. The van der Waals surface area contributed by atoms with Gasteiger partial charge in [-0.2, -0.15) is 0 Å². The summed E-state index contributed by atoms with van der Waals surface area (Å²) in [5.41, 5.74) is 2.06. The number of halogens is 1. The maximum absolute atomic E-state index is 11.0. The number of aromatic nitrogens is 1. The van der Waals surface area contributed by atoms with Crippen LogP contribution in [-0.2, 0) is 7.05 Å². The van der Waals surface area contributed by atoms with Crippen LogP contribution in [0, 0.1) is 6.92 Å². The van der Waals surface area contributed by atoms with Crippen molar-refractivity contribution in [3.63, 3.8) is 0 Å². The molecule has 0 saturated carbocycles. The van der Waals surface area contributed by atoms with E-state index < -0.39 is 5.97 Å². The molecule has 0 spiro atoms. The standard InChI is InChI=1S/C11H10ClNO2/c1-6-3-4-7-8(5-6)13(2)10(9(7)12)11(14)15/h3-5H,1-2H3,(H,14,15). The smallest absolute Gasteiger partial charge is 0.354 e. The number of aromatic carboxylic acids is 1. The maximum Gasteiger partial charge on any atom is 0.354 e. The zero-order valence-corrected chi connectivity index (χ0v) is 9.17. The van der Waals surface area contributed by atoms with Gasteiger partial charge in [-0.15, -0.1) is 0 Å². The normalized spacial score (nSPS) is 10.9. The minimum atomic E-state index is -1.00. The molecule has 0 saturated heterocycles. The molecule has 0 aliphatic heterocycles. The molecule has 0 aliphatic rings. The van der Waals surface area contributed by atoms with Gasteiger partial charge in [-0.25, -0.2) is 4.79 Å². The third kappa shape index (κ3) is 1.39. The third-order valence-corrected chi connectivity index (χ3v) is 2.88. The monoisotopic (exact) mass is 223 g/mol. The summed E-state index contributed by atoms with van der Waals surface area (Å²) in [6.07, 6.45) is 0. The van der Waals surface area contributed by atoms with Gasteiger partial charge >= 0.3 is 5.97 Å². The minimum Gasteiger partial charge on any atom is -0.477 e. The van der Waals surface area contributed by atoms with Crippen molar-refractivity contribution in [3.05, 3.63) is 34.5 Å². The second-order valence-electron chi connectivity index (χ2n) is 3.55. The molecular formula is C11H10ClNO2. The molecule has 4 heteroatoms. The van der Waals surface area contributed by atoms with Crippen molar-refractivity contribution in [1.82, 2.24) is 4.57 Å². The van der Waals surface area contributed by atoms with Crippen molar-refractivity contribution in [3.8, 4) is 0 Å². The summed E-state index contributed by atoms with van der Waals surface area (Å²) in [5, 5.41) is 10.1. The van der Waals surface area contributed by atoms with Crippen LogP contribution >= 0.6 is 11.6 Å². The van der Waals surface area contributed by atoms with Crippen LogP contribution in [0.5, 0.6) is 0 Å². The number of carbonyl (C=O) groups is 1. The van der Waals surface area contributed by atoms with Gasteiger partial charge in [0.25, 0.3) is 0 Å². The van der Waals surface area contributed by atoms with Crippen LogP contribution in [0.25, 0.3) is 10.9 Å². The number of aryl methyl sites for hydroxylation is 2. The van der Waals surface area contributed by atoms with Crippen molar-refractivity contribution in [1.29, 1.82) is 0 Å². The first-order valence-corrected chi connectivity index (χ1v) is 4.88. The van der Waals surface area contributed by atoms with E-state index in [4.69, 9.17) is 16.7 Å². The Morgan fingerprint density at radius 2 is 2.13 bits per heavy atom. The summed E-state index contributed by atoms with van der Waals surface area (Å²) in [6.45, 7) is 1.96. The van der Waals surface area contributed by atoms with Gasteiger partial charge in [0.1, 0.15) is 5.69 Å². The second-order valence-corrected chi connectivity index (χ2v) is 3.93. The number of carboxylic acids is 1. The molecule has 0 aliphatic carbocycles. The molecule has 0 unspecified atom stereocenters. The molecule has 1 heterocycles. The van der Waals surface area contributed by atoms with Crippen molar-refractivity contribution in [2.75, 3.05) is 0 Å². The number of carboxylic acid groups (broad SMARTS) is 1. The van der Waals surface area contributed by atoms with Gasteiger partial charge in [0, 0.05) is 12.4 Å². The van der Waals surface area contributed by atoms with E-state index in [1.54, 1.807) is 11.6 Å². The number of hydrogen-bond acceptors (Lipinski definition) is 1. The highest BCUT2D eigenvalue weighted by atomic mass is 35.5. The average Bonchev–Trinajstić information content (AvgIpc) is 2.39. The number of benzene rings is 1. The van der Waals surface area contributed by atoms with Gasteiger partial charge in [0.2, 0.25) is 0 Å². The largest absolute Gasteiger partial charge is 0.477 e. The van der Waals surface area contributed by atoms with E-state index >= 15 is 0 Å². The van der Waals surface area contributed by atoms with Crippen LogP contribution in [0.1, 0.15) is 16.1 Å². The molecular weight excluding hydrogens is 214 g/mol. The van der Waals surface area contributed by atoms with Gasteiger partial charge in [-0.3, -0.25) is 0 Å². The topological polar surface area (TPSA) is 42.2 Å². The zero-order chi connectivity index (χ0) is 11.2. The number of hydrogen-bond donors (Lipinski definition) is 1. The highest BCUT2D eigenvalue weighted by molar-refractivity contribution is 6.38. The SMILES string of the molecule is Cc1ccc2c(Cl)c(C(=O)O)n(C)c2c1. The van der Waals surface area contributed by atoms with Crippen molar-refractivity contribution in [2.45, 2.75) is 6.92 Å². The third-order valence-electron chi connectivity index (χ3n) is 2.50. The summed E-state index contributed by atoms with van der Waals surface area (Å²) in [7, 11) is 1.71. The van der Waals surface area contributed by atoms with E-state index in [0.717, 1.165) is 16.5 Å². The zero-order valence-electron chi connectivity index (χ0n) is 8.41. The molecule has 0 atom stereocenters. The van der Waals surface area contributed by atoms with E-state index in [0.29, 0.717) is 5.02 Å². The van der Waals surface area contributed by atoms with Crippen LogP contribution < -0.4 is 0 Å². The van der Waals surface area contributed by atoms with Crippen molar-refractivity contribution < 1.29 is 9.90 Å². The Hall–Kier alpha value is -1.48. The summed E-state index contributed by atoms with van der Waals surface area (Å²) in [6, 6.07) is 5.69. The Morgan fingerprint density at radius 3 is 2.73 bits per heavy atom. The fourth-order valence-corrected chi connectivity index (χ4v) is 2.10. The molecule has 0 fully saturated rings. The molecule has 0 radical (unpaired) electrons. The van der Waals surface area contributed by atoms with Crippen molar-refractivity contribution in [2.24, 2.45) is 7.05 Å². The fraction of sp³-hybridized carbons (Fsp3) is 0.182. The highest BCUT2D eigenvalue weighted by Crippen LogP contribution is 2.30. The molecule has 0 amide bonds. The molecule has 2 rings (SSSR count). The first-order valence-electron chi connectivity index (χ1n) is 4.50. The van der Waals surface area contributed by atoms with Crippen LogP contribution in [0.15, 0.2) is 18.2 Å². The van der Waals surface area contributed by atoms with Crippen molar-refractivity contribution >= 4 is 28.5 Å². The Labute approximate surface area is 91.9 Å². The second kappa shape index (κ2) is 3.28. The van der Waals surface area contributed by atoms with Gasteiger partial charge < -0.3 is 9.67 Å². The van der Waals surface area contributed by atoms with E-state index in [2.05, 4.69) is 0 Å². The molecule has 1 N–H and O–H groups in total. The average molecular weight is 224 g/mol. The number of nitrogens with zero attached hydrogens (tertiary/aromatic N) is 1. The van der Waals surface area contributed by atoms with Gasteiger partial charge in [0.15, 0.2) is 0 Å². The fourth-order valence-electron chi connectivity index (χ4n) is 1.74. The lowest BCUT2D eigenvalue weighted by molar-refractivity contribution is 0.0687. The van der Waals surface area contributed by atoms with Crippen LogP contribution in [0.4, 0.5) is 0 Å². The lowest BCUT2D eigenvalue weighted by Crippen LogP contribution is -2.04. The van der Waals surface area contributed by atoms with E-state index in [-0.39, 0.29) is 5.69 Å². The molecule has 2 aromatic rings. The maximum atomic E-state index is 11.0. The molecule has 1 aromatic heterocycles. The molecule has 1 aromatic carbocycles. The van der Waals surface area contributed by atoms with Gasteiger partial charge in [0.05, 0.1) is 10.5 Å². The van der Waals surface area contributed by atoms with E-state index in [1.807, 2.05) is 25.1 Å².